The third-order valence-corrected chi connectivity index (χ3v) is 7.69. The van der Waals surface area contributed by atoms with Gasteiger partial charge in [0.2, 0.25) is 0 Å². The number of aromatic amines is 1. The van der Waals surface area contributed by atoms with E-state index in [1.807, 2.05) is 35.5 Å². The van der Waals surface area contributed by atoms with Crippen molar-refractivity contribution in [3.63, 3.8) is 0 Å². The summed E-state index contributed by atoms with van der Waals surface area (Å²) in [6.45, 7) is 3.71. The monoisotopic (exact) mass is 465 g/mol. The van der Waals surface area contributed by atoms with E-state index in [2.05, 4.69) is 24.9 Å². The lowest BCUT2D eigenvalue weighted by Gasteiger charge is -2.13. The van der Waals surface area contributed by atoms with Crippen LogP contribution >= 0.6 is 11.9 Å². The van der Waals surface area contributed by atoms with Crippen molar-refractivity contribution < 1.29 is 9.18 Å². The molecule has 8 nitrogen and oxygen atoms in total. The molecule has 1 fully saturated rings. The molecule has 0 atom stereocenters. The molecule has 1 aliphatic heterocycles. The molecule has 10 heteroatoms. The summed E-state index contributed by atoms with van der Waals surface area (Å²) in [5, 5.41) is 15.4. The molecule has 0 radical (unpaired) electrons. The normalized spacial score (nSPS) is 16.0. The zero-order valence-electron chi connectivity index (χ0n) is 18.4. The smallest absolute Gasteiger partial charge is 0.268 e. The van der Waals surface area contributed by atoms with Gasteiger partial charge in [-0.1, -0.05) is 0 Å². The van der Waals surface area contributed by atoms with Gasteiger partial charge < -0.3 is 9.88 Å². The Bertz CT molecular complexity index is 1360. The van der Waals surface area contributed by atoms with Crippen LogP contribution in [0.5, 0.6) is 0 Å². The number of fused-ring (bicyclic) bond motifs is 2. The first-order valence-corrected chi connectivity index (χ1v) is 11.8. The molecule has 2 aliphatic rings. The molecule has 0 saturated heterocycles. The Kier molecular flexibility index (Phi) is 4.81. The first kappa shape index (κ1) is 20.5. The molecule has 3 aromatic heterocycles. The van der Waals surface area contributed by atoms with Crippen molar-refractivity contribution in [3.8, 4) is 0 Å². The zero-order chi connectivity index (χ0) is 22.7. The van der Waals surface area contributed by atoms with Crippen molar-refractivity contribution >= 4 is 28.8 Å². The Morgan fingerprint density at radius 1 is 1.30 bits per heavy atom. The minimum atomic E-state index is -0.323. The highest BCUT2D eigenvalue weighted by atomic mass is 32.2. The fraction of sp³-hybridized carbons (Fsp3) is 0.348. The van der Waals surface area contributed by atoms with Gasteiger partial charge in [-0.2, -0.15) is 10.2 Å². The molecule has 1 aromatic carbocycles. The number of nitrogens with one attached hydrogen (secondary N) is 2. The van der Waals surface area contributed by atoms with Gasteiger partial charge in [-0.15, -0.1) is 0 Å². The van der Waals surface area contributed by atoms with Gasteiger partial charge in [0.05, 0.1) is 36.2 Å². The Morgan fingerprint density at radius 2 is 2.15 bits per heavy atom. The molecular weight excluding hydrogens is 441 g/mol. The molecule has 33 heavy (non-hydrogen) atoms. The predicted molar refractivity (Wildman–Crippen MR) is 123 cm³/mol. The number of hydrogen-bond acceptors (Lipinski definition) is 5. The number of rotatable bonds is 6. The third-order valence-electron chi connectivity index (χ3n) is 6.56. The molecule has 1 amide bonds. The lowest BCUT2D eigenvalue weighted by molar-refractivity contribution is 0.0942. The fourth-order valence-corrected chi connectivity index (χ4v) is 5.54. The van der Waals surface area contributed by atoms with E-state index in [0.29, 0.717) is 17.3 Å². The van der Waals surface area contributed by atoms with E-state index >= 15 is 0 Å². The molecule has 2 N–H and O–H groups in total. The van der Waals surface area contributed by atoms with Crippen LogP contribution in [0.2, 0.25) is 0 Å². The quantitative estimate of drug-likeness (QED) is 0.423. The van der Waals surface area contributed by atoms with Gasteiger partial charge in [-0.3, -0.25) is 14.6 Å². The number of halogens is 1. The van der Waals surface area contributed by atoms with Crippen molar-refractivity contribution in [3.05, 3.63) is 64.6 Å². The highest BCUT2D eigenvalue weighted by Gasteiger charge is 2.28. The maximum absolute atomic E-state index is 14.8. The lowest BCUT2D eigenvalue weighted by Crippen LogP contribution is -2.26. The van der Waals surface area contributed by atoms with Gasteiger partial charge >= 0.3 is 0 Å². The number of nitrogens with zero attached hydrogens (tertiary/aromatic N) is 5. The number of benzene rings is 1. The van der Waals surface area contributed by atoms with Gasteiger partial charge in [-0.25, -0.2) is 8.70 Å². The minimum absolute atomic E-state index is 0.112. The van der Waals surface area contributed by atoms with Crippen molar-refractivity contribution in [2.24, 2.45) is 7.05 Å². The van der Waals surface area contributed by atoms with Crippen LogP contribution in [0.15, 0.2) is 35.5 Å². The van der Waals surface area contributed by atoms with Crippen LogP contribution in [-0.2, 0) is 26.7 Å². The van der Waals surface area contributed by atoms with E-state index < -0.39 is 0 Å². The van der Waals surface area contributed by atoms with Crippen LogP contribution in [0.4, 0.5) is 4.39 Å². The Morgan fingerprint density at radius 3 is 2.94 bits per heavy atom. The van der Waals surface area contributed by atoms with Gasteiger partial charge in [-0.05, 0) is 49.9 Å². The van der Waals surface area contributed by atoms with Crippen molar-refractivity contribution in [2.45, 2.75) is 50.3 Å². The Hall–Kier alpha value is -3.11. The van der Waals surface area contributed by atoms with Gasteiger partial charge in [0, 0.05) is 47.2 Å². The standard InChI is InChI=1S/C23H24FN7OS/c1-13-21(33-30-11-15-8-26-28-19(15)12-30)7-20(29(13)2)23(32)25-10-17-18(24)6-3-14-9-27-31(22(14)17)16-4-5-16/h3,6-9,16H,4-5,10-12H2,1-2H3,(H,25,32)(H,26,28). The van der Waals surface area contributed by atoms with E-state index in [-0.39, 0.29) is 18.3 Å². The number of carbonyl (C=O) groups excluding carboxylic acids is 1. The summed E-state index contributed by atoms with van der Waals surface area (Å²) in [5.74, 6) is -0.548. The first-order chi connectivity index (χ1) is 16.0. The van der Waals surface area contributed by atoms with E-state index in [1.165, 1.54) is 11.6 Å². The van der Waals surface area contributed by atoms with Crippen LogP contribution in [0.25, 0.3) is 10.9 Å². The molecule has 6 rings (SSSR count). The summed E-state index contributed by atoms with van der Waals surface area (Å²) in [6.07, 6.45) is 5.75. The third kappa shape index (κ3) is 3.53. The summed E-state index contributed by atoms with van der Waals surface area (Å²) in [5.41, 5.74) is 5.17. The average molecular weight is 466 g/mol. The molecule has 4 heterocycles. The number of hydrogen-bond donors (Lipinski definition) is 2. The average Bonchev–Trinajstić information content (AvgIpc) is 3.10. The number of amides is 1. The second-order valence-corrected chi connectivity index (χ2v) is 9.91. The Labute approximate surface area is 194 Å². The van der Waals surface area contributed by atoms with E-state index in [1.54, 1.807) is 24.2 Å². The topological polar surface area (TPSA) is 83.8 Å². The molecule has 4 aromatic rings. The predicted octanol–water partition coefficient (Wildman–Crippen LogP) is 3.83. The van der Waals surface area contributed by atoms with Crippen LogP contribution in [-0.4, -0.2) is 34.8 Å². The van der Waals surface area contributed by atoms with Crippen LogP contribution in [0, 0.1) is 12.7 Å². The fourth-order valence-electron chi connectivity index (χ4n) is 4.43. The summed E-state index contributed by atoms with van der Waals surface area (Å²) in [6, 6.07) is 5.43. The SMILES string of the molecule is Cc1c(SN2Cc3cn[nH]c3C2)cc(C(=O)NCc2c(F)ccc3cnn(C4CC4)c23)n1C. The maximum Gasteiger partial charge on any atom is 0.268 e. The maximum atomic E-state index is 14.8. The molecule has 170 valence electrons. The van der Waals surface area contributed by atoms with Crippen LogP contribution < -0.4 is 5.32 Å². The van der Waals surface area contributed by atoms with Gasteiger partial charge in [0.15, 0.2) is 0 Å². The minimum Gasteiger partial charge on any atom is -0.346 e. The number of H-pyrrole nitrogens is 1. The summed E-state index contributed by atoms with van der Waals surface area (Å²) in [4.78, 5) is 14.1. The van der Waals surface area contributed by atoms with Crippen LogP contribution in [0.1, 0.15) is 51.9 Å². The molecule has 1 aliphatic carbocycles. The molecule has 1 saturated carbocycles. The van der Waals surface area contributed by atoms with Gasteiger partial charge in [0.1, 0.15) is 11.5 Å². The van der Waals surface area contributed by atoms with Crippen LogP contribution in [0.3, 0.4) is 0 Å². The highest BCUT2D eigenvalue weighted by Crippen LogP contribution is 2.38. The summed E-state index contributed by atoms with van der Waals surface area (Å²) >= 11 is 1.64. The Balaban J connectivity index is 1.20. The van der Waals surface area contributed by atoms with Crippen molar-refractivity contribution in [1.29, 1.82) is 0 Å². The largest absolute Gasteiger partial charge is 0.346 e. The second-order valence-electron chi connectivity index (χ2n) is 8.77. The van der Waals surface area contributed by atoms with Gasteiger partial charge in [0.25, 0.3) is 5.91 Å². The van der Waals surface area contributed by atoms with E-state index in [4.69, 9.17) is 0 Å². The molecular formula is C23H24FN7OS. The molecule has 0 bridgehead atoms. The summed E-state index contributed by atoms with van der Waals surface area (Å²) < 4.78 is 20.8. The second kappa shape index (κ2) is 7.74. The lowest BCUT2D eigenvalue weighted by atomic mass is 10.1. The van der Waals surface area contributed by atoms with E-state index in [9.17, 15) is 9.18 Å². The first-order valence-electron chi connectivity index (χ1n) is 11.0. The number of carbonyl (C=O) groups is 1. The van der Waals surface area contributed by atoms with E-state index in [0.717, 1.165) is 53.1 Å². The highest BCUT2D eigenvalue weighted by molar-refractivity contribution is 7.97. The molecule has 0 unspecified atom stereocenters. The summed E-state index contributed by atoms with van der Waals surface area (Å²) in [7, 11) is 1.88. The number of aromatic nitrogens is 5. The van der Waals surface area contributed by atoms with Crippen molar-refractivity contribution in [1.82, 2.24) is 34.2 Å². The van der Waals surface area contributed by atoms with Crippen molar-refractivity contribution in [2.75, 3.05) is 0 Å². The zero-order valence-corrected chi connectivity index (χ0v) is 19.2. The molecule has 0 spiro atoms.